The van der Waals surface area contributed by atoms with Crippen LogP contribution in [-0.2, 0) is 0 Å². The lowest BCUT2D eigenvalue weighted by molar-refractivity contribution is -0.385. The van der Waals surface area contributed by atoms with Crippen LogP contribution >= 0.6 is 11.6 Å². The largest absolute Gasteiger partial charge is 0.382 e. The van der Waals surface area contributed by atoms with Gasteiger partial charge in [0.15, 0.2) is 0 Å². The summed E-state index contributed by atoms with van der Waals surface area (Å²) in [6, 6.07) is 7.25. The van der Waals surface area contributed by atoms with Crippen molar-refractivity contribution in [2.24, 2.45) is 0 Å². The molecule has 0 radical (unpaired) electrons. The number of hydrogen-bond acceptors (Lipinski definition) is 1. The number of aliphatic hydroxyl groups is 1. The Morgan fingerprint density at radius 3 is 2.64 bits per heavy atom. The summed E-state index contributed by atoms with van der Waals surface area (Å²) in [6.07, 6.45) is -0.538. The predicted octanol–water partition coefficient (Wildman–Crippen LogP) is 0.615. The Labute approximate surface area is 70.6 Å². The van der Waals surface area contributed by atoms with Crippen LogP contribution in [0, 0.1) is 0 Å². The lowest BCUT2D eigenvalue weighted by Crippen LogP contribution is -2.52. The average Bonchev–Trinajstić information content (AvgIpc) is 2.04. The molecule has 3 heteroatoms. The molecule has 0 aromatic heterocycles. The van der Waals surface area contributed by atoms with Gasteiger partial charge in [-0.3, -0.25) is 0 Å². The normalized spacial score (nSPS) is 13.0. The molecule has 2 nitrogen and oxygen atoms in total. The molecule has 0 saturated heterocycles. The van der Waals surface area contributed by atoms with Crippen molar-refractivity contribution >= 4 is 11.6 Å². The van der Waals surface area contributed by atoms with Gasteiger partial charge in [0.1, 0.15) is 12.6 Å². The molecule has 0 amide bonds. The highest BCUT2D eigenvalue weighted by molar-refractivity contribution is 6.31. The zero-order valence-electron chi connectivity index (χ0n) is 6.13. The predicted molar refractivity (Wildman–Crippen MR) is 44.2 cm³/mol. The molecular formula is C8H11ClNO+. The highest BCUT2D eigenvalue weighted by Crippen LogP contribution is 2.20. The van der Waals surface area contributed by atoms with Gasteiger partial charge in [-0.15, -0.1) is 0 Å². The second kappa shape index (κ2) is 3.72. The number of hydrogen-bond donors (Lipinski definition) is 2. The van der Waals surface area contributed by atoms with Gasteiger partial charge in [-0.2, -0.15) is 0 Å². The quantitative estimate of drug-likeness (QED) is 0.675. The smallest absolute Gasteiger partial charge is 0.129 e. The molecule has 0 bridgehead atoms. The van der Waals surface area contributed by atoms with Crippen LogP contribution in [0.15, 0.2) is 24.3 Å². The van der Waals surface area contributed by atoms with Crippen molar-refractivity contribution in [3.05, 3.63) is 34.9 Å². The van der Waals surface area contributed by atoms with Gasteiger partial charge in [-0.1, -0.05) is 29.8 Å². The molecule has 4 N–H and O–H groups in total. The van der Waals surface area contributed by atoms with E-state index in [1.807, 2.05) is 12.1 Å². The van der Waals surface area contributed by atoms with E-state index in [-0.39, 0.29) is 0 Å². The number of aliphatic hydroxyl groups excluding tert-OH is 1. The summed E-state index contributed by atoms with van der Waals surface area (Å²) in [5, 5.41) is 9.96. The Morgan fingerprint density at radius 2 is 2.09 bits per heavy atom. The second-order valence-electron chi connectivity index (χ2n) is 2.33. The van der Waals surface area contributed by atoms with Gasteiger partial charge in [-0.25, -0.2) is 0 Å². The number of halogens is 1. The van der Waals surface area contributed by atoms with Crippen molar-refractivity contribution in [3.63, 3.8) is 0 Å². The zero-order valence-corrected chi connectivity index (χ0v) is 6.88. The summed E-state index contributed by atoms with van der Waals surface area (Å²) in [4.78, 5) is 0. The Kier molecular flexibility index (Phi) is 2.88. The molecule has 1 aromatic carbocycles. The van der Waals surface area contributed by atoms with Crippen LogP contribution in [0.5, 0.6) is 0 Å². The molecule has 0 heterocycles. The summed E-state index contributed by atoms with van der Waals surface area (Å²) in [6.45, 7) is 0.448. The van der Waals surface area contributed by atoms with Gasteiger partial charge < -0.3 is 10.8 Å². The standard InChI is InChI=1S/C8H10ClNO/c9-7-4-2-1-3-6(7)8(11)5-10/h1-4,8,11H,5,10H2/p+1/t8-/m1/s1. The molecule has 1 rings (SSSR count). The molecular weight excluding hydrogens is 162 g/mol. The van der Waals surface area contributed by atoms with Crippen molar-refractivity contribution in [1.29, 1.82) is 0 Å². The fourth-order valence-corrected chi connectivity index (χ4v) is 1.16. The van der Waals surface area contributed by atoms with Crippen LogP contribution in [0.2, 0.25) is 5.02 Å². The van der Waals surface area contributed by atoms with Crippen LogP contribution in [0.4, 0.5) is 0 Å². The van der Waals surface area contributed by atoms with Gasteiger partial charge >= 0.3 is 0 Å². The third-order valence-electron chi connectivity index (χ3n) is 1.54. The Morgan fingerprint density at radius 1 is 1.45 bits per heavy atom. The summed E-state index contributed by atoms with van der Waals surface area (Å²) in [5.41, 5.74) is 4.35. The topological polar surface area (TPSA) is 47.9 Å². The van der Waals surface area contributed by atoms with Crippen LogP contribution in [0.1, 0.15) is 11.7 Å². The minimum Gasteiger partial charge on any atom is -0.382 e. The number of quaternary nitrogens is 1. The lowest BCUT2D eigenvalue weighted by Gasteiger charge is -2.06. The second-order valence-corrected chi connectivity index (χ2v) is 2.73. The van der Waals surface area contributed by atoms with Gasteiger partial charge in [0.25, 0.3) is 0 Å². The lowest BCUT2D eigenvalue weighted by atomic mass is 10.1. The maximum absolute atomic E-state index is 9.36. The highest BCUT2D eigenvalue weighted by atomic mass is 35.5. The first-order valence-electron chi connectivity index (χ1n) is 3.47. The molecule has 1 aromatic rings. The fourth-order valence-electron chi connectivity index (χ4n) is 0.901. The molecule has 1 atom stereocenters. The third-order valence-corrected chi connectivity index (χ3v) is 1.88. The molecule has 0 saturated carbocycles. The van der Waals surface area contributed by atoms with Crippen LogP contribution < -0.4 is 5.73 Å². The fraction of sp³-hybridized carbons (Fsp3) is 0.250. The summed E-state index contributed by atoms with van der Waals surface area (Å²) in [7, 11) is 0. The molecule has 0 fully saturated rings. The monoisotopic (exact) mass is 172 g/mol. The maximum Gasteiger partial charge on any atom is 0.129 e. The summed E-state index contributed by atoms with van der Waals surface area (Å²) in [5.74, 6) is 0. The van der Waals surface area contributed by atoms with E-state index in [9.17, 15) is 5.11 Å². The van der Waals surface area contributed by atoms with E-state index in [1.165, 1.54) is 0 Å². The van der Waals surface area contributed by atoms with Crippen molar-refractivity contribution in [3.8, 4) is 0 Å². The molecule has 11 heavy (non-hydrogen) atoms. The molecule has 60 valence electrons. The van der Waals surface area contributed by atoms with E-state index >= 15 is 0 Å². The van der Waals surface area contributed by atoms with Crippen molar-refractivity contribution < 1.29 is 10.8 Å². The van der Waals surface area contributed by atoms with E-state index in [1.54, 1.807) is 12.1 Å². The van der Waals surface area contributed by atoms with Crippen LogP contribution in [0.3, 0.4) is 0 Å². The van der Waals surface area contributed by atoms with E-state index in [4.69, 9.17) is 11.6 Å². The summed E-state index contributed by atoms with van der Waals surface area (Å²) >= 11 is 5.81. The summed E-state index contributed by atoms with van der Waals surface area (Å²) < 4.78 is 0. The molecule has 0 spiro atoms. The minimum absolute atomic E-state index is 0.448. The first-order valence-corrected chi connectivity index (χ1v) is 3.85. The Hall–Kier alpha value is -0.570. The SMILES string of the molecule is [NH3+]C[C@@H](O)c1ccccc1Cl. The Balaban J connectivity index is 2.93. The van der Waals surface area contributed by atoms with Crippen molar-refractivity contribution in [1.82, 2.24) is 0 Å². The van der Waals surface area contributed by atoms with Gasteiger partial charge in [0.2, 0.25) is 0 Å². The first kappa shape index (κ1) is 8.53. The van der Waals surface area contributed by atoms with E-state index in [0.717, 1.165) is 5.56 Å². The van der Waals surface area contributed by atoms with Crippen LogP contribution in [-0.4, -0.2) is 11.7 Å². The molecule has 0 aliphatic carbocycles. The van der Waals surface area contributed by atoms with Gasteiger partial charge in [0, 0.05) is 10.6 Å². The first-order chi connectivity index (χ1) is 5.25. The molecule has 0 unspecified atom stereocenters. The molecule has 0 aliphatic rings. The number of benzene rings is 1. The third kappa shape index (κ3) is 1.93. The maximum atomic E-state index is 9.36. The van der Waals surface area contributed by atoms with Gasteiger partial charge in [0.05, 0.1) is 0 Å². The van der Waals surface area contributed by atoms with Crippen molar-refractivity contribution in [2.75, 3.05) is 6.54 Å². The van der Waals surface area contributed by atoms with Crippen molar-refractivity contribution in [2.45, 2.75) is 6.10 Å². The highest BCUT2D eigenvalue weighted by Gasteiger charge is 2.09. The average molecular weight is 173 g/mol. The Bertz CT molecular complexity index is 239. The number of rotatable bonds is 2. The molecule has 0 aliphatic heterocycles. The van der Waals surface area contributed by atoms with E-state index in [2.05, 4.69) is 5.73 Å². The van der Waals surface area contributed by atoms with E-state index in [0.29, 0.717) is 11.6 Å². The zero-order chi connectivity index (χ0) is 8.27. The van der Waals surface area contributed by atoms with E-state index < -0.39 is 6.10 Å². The minimum atomic E-state index is -0.538. The van der Waals surface area contributed by atoms with Gasteiger partial charge in [-0.05, 0) is 6.07 Å². The van der Waals surface area contributed by atoms with Crippen LogP contribution in [0.25, 0.3) is 0 Å².